The zero-order valence-corrected chi connectivity index (χ0v) is 13.6. The summed E-state index contributed by atoms with van der Waals surface area (Å²) in [6.07, 6.45) is -1.53. The highest BCUT2D eigenvalue weighted by Gasteiger charge is 2.27. The van der Waals surface area contributed by atoms with Crippen molar-refractivity contribution in [2.75, 3.05) is 11.3 Å². The van der Waals surface area contributed by atoms with Crippen LogP contribution in [0.4, 0.5) is 14.5 Å². The van der Waals surface area contributed by atoms with Gasteiger partial charge in [-0.15, -0.1) is 0 Å². The maximum atomic E-state index is 13.1. The third-order valence-corrected chi connectivity index (χ3v) is 4.47. The molecule has 0 bridgehead atoms. The van der Waals surface area contributed by atoms with Crippen LogP contribution in [0.1, 0.15) is 24.7 Å². The Labute approximate surface area is 132 Å². The van der Waals surface area contributed by atoms with Gasteiger partial charge in [0.1, 0.15) is 4.90 Å². The highest BCUT2D eigenvalue weighted by Crippen LogP contribution is 2.31. The third kappa shape index (κ3) is 3.41. The van der Waals surface area contributed by atoms with Crippen molar-refractivity contribution in [3.63, 3.8) is 0 Å². The van der Waals surface area contributed by atoms with Crippen LogP contribution in [0.3, 0.4) is 0 Å². The van der Waals surface area contributed by atoms with Gasteiger partial charge >= 0.3 is 0 Å². The van der Waals surface area contributed by atoms with E-state index in [0.29, 0.717) is 0 Å². The van der Waals surface area contributed by atoms with Gasteiger partial charge in [0.05, 0.1) is 18.0 Å². The van der Waals surface area contributed by atoms with Crippen molar-refractivity contribution in [3.8, 4) is 5.88 Å². The number of alkyl halides is 2. The van der Waals surface area contributed by atoms with Crippen LogP contribution in [-0.2, 0) is 17.1 Å². The number of rotatable bonds is 6. The Morgan fingerprint density at radius 3 is 2.74 bits per heavy atom. The topological polar surface area (TPSA) is 86.1 Å². The molecule has 1 N–H and O–H groups in total. The molecule has 0 atom stereocenters. The number of hydrogen-bond donors (Lipinski definition) is 1. The molecule has 23 heavy (non-hydrogen) atoms. The first kappa shape index (κ1) is 17.1. The molecule has 10 heteroatoms. The lowest BCUT2D eigenvalue weighted by molar-refractivity contribution is 0.146. The number of nitrogens with zero attached hydrogens (tertiary/aromatic N) is 3. The second-order valence-corrected chi connectivity index (χ2v) is 6.27. The molecule has 0 amide bonds. The zero-order chi connectivity index (χ0) is 17.2. The number of aromatic nitrogens is 3. The lowest BCUT2D eigenvalue weighted by atomic mass is 10.3. The first-order valence-electron chi connectivity index (χ1n) is 6.70. The van der Waals surface area contributed by atoms with Gasteiger partial charge in [0, 0.05) is 13.2 Å². The molecule has 2 rings (SSSR count). The maximum Gasteiger partial charge on any atom is 0.284 e. The summed E-state index contributed by atoms with van der Waals surface area (Å²) in [7, 11) is -2.70. The van der Waals surface area contributed by atoms with Crippen LogP contribution in [0.2, 0.25) is 0 Å². The highest BCUT2D eigenvalue weighted by molar-refractivity contribution is 7.92. The van der Waals surface area contributed by atoms with Crippen molar-refractivity contribution >= 4 is 15.7 Å². The van der Waals surface area contributed by atoms with Crippen molar-refractivity contribution in [2.24, 2.45) is 7.05 Å². The first-order chi connectivity index (χ1) is 10.8. The molecule has 0 saturated heterocycles. The Morgan fingerprint density at radius 1 is 1.43 bits per heavy atom. The summed E-state index contributed by atoms with van der Waals surface area (Å²) in [5.74, 6) is -0.0948. The van der Waals surface area contributed by atoms with E-state index >= 15 is 0 Å². The summed E-state index contributed by atoms with van der Waals surface area (Å²) in [5, 5.41) is 3.64. The van der Waals surface area contributed by atoms with Crippen LogP contribution in [0, 0.1) is 6.92 Å². The predicted octanol–water partition coefficient (Wildman–Crippen LogP) is 2.26. The molecule has 2 heterocycles. The second kappa shape index (κ2) is 6.49. The van der Waals surface area contributed by atoms with E-state index < -0.39 is 22.1 Å². The summed E-state index contributed by atoms with van der Waals surface area (Å²) >= 11 is 0. The van der Waals surface area contributed by atoms with E-state index in [2.05, 4.69) is 14.8 Å². The summed E-state index contributed by atoms with van der Waals surface area (Å²) in [4.78, 5) is 3.62. The lowest BCUT2D eigenvalue weighted by Gasteiger charge is -2.12. The van der Waals surface area contributed by atoms with Crippen LogP contribution < -0.4 is 9.46 Å². The smallest absolute Gasteiger partial charge is 0.284 e. The van der Waals surface area contributed by atoms with E-state index in [4.69, 9.17) is 4.74 Å². The molecule has 2 aromatic rings. The Morgan fingerprint density at radius 2 is 2.13 bits per heavy atom. The molecule has 0 fully saturated rings. The Balaban J connectivity index is 2.48. The number of halogens is 2. The molecule has 0 spiro atoms. The fourth-order valence-electron chi connectivity index (χ4n) is 1.93. The van der Waals surface area contributed by atoms with Crippen LogP contribution >= 0.6 is 0 Å². The van der Waals surface area contributed by atoms with Crippen LogP contribution in [0.25, 0.3) is 0 Å². The third-order valence-electron chi connectivity index (χ3n) is 3.11. The minimum Gasteiger partial charge on any atom is -0.477 e. The molecule has 0 aromatic carbocycles. The summed E-state index contributed by atoms with van der Waals surface area (Å²) in [6, 6.07) is 2.70. The molecule has 0 aliphatic carbocycles. The van der Waals surface area contributed by atoms with Gasteiger partial charge in [0.15, 0.2) is 5.69 Å². The predicted molar refractivity (Wildman–Crippen MR) is 79.1 cm³/mol. The molecular weight excluding hydrogens is 330 g/mol. The molecule has 126 valence electrons. The van der Waals surface area contributed by atoms with E-state index in [-0.39, 0.29) is 28.8 Å². The Kier molecular flexibility index (Phi) is 4.83. The number of nitrogens with one attached hydrogen (secondary N) is 1. The SMILES string of the molecule is CCOc1ncccc1S(=O)(=O)Nc1c(C(F)F)nn(C)c1C. The molecule has 0 aliphatic rings. The Hall–Kier alpha value is -2.23. The number of ether oxygens (including phenoxy) is 1. The molecule has 2 aromatic heterocycles. The monoisotopic (exact) mass is 346 g/mol. The quantitative estimate of drug-likeness (QED) is 0.867. The largest absolute Gasteiger partial charge is 0.477 e. The minimum atomic E-state index is -4.16. The first-order valence-corrected chi connectivity index (χ1v) is 8.18. The van der Waals surface area contributed by atoms with Gasteiger partial charge < -0.3 is 4.74 Å². The number of anilines is 1. The molecule has 0 radical (unpaired) electrons. The fraction of sp³-hybridized carbons (Fsp3) is 0.385. The van der Waals surface area contributed by atoms with Crippen molar-refractivity contribution in [1.82, 2.24) is 14.8 Å². The van der Waals surface area contributed by atoms with E-state index in [1.807, 2.05) is 0 Å². The minimum absolute atomic E-state index is 0.0948. The van der Waals surface area contributed by atoms with Gasteiger partial charge in [-0.05, 0) is 26.0 Å². The number of aryl methyl sites for hydroxylation is 1. The molecule has 0 saturated carbocycles. The van der Waals surface area contributed by atoms with Crippen molar-refractivity contribution in [2.45, 2.75) is 25.2 Å². The highest BCUT2D eigenvalue weighted by atomic mass is 32.2. The zero-order valence-electron chi connectivity index (χ0n) is 12.7. The standard InChI is InChI=1S/C13H16F2N4O3S/c1-4-22-13-9(6-5-7-16-13)23(20,21)18-10-8(2)19(3)17-11(10)12(14)15/h5-7,12,18H,4H2,1-3H3. The van der Waals surface area contributed by atoms with Crippen molar-refractivity contribution in [1.29, 1.82) is 0 Å². The molecule has 7 nitrogen and oxygen atoms in total. The van der Waals surface area contributed by atoms with Crippen LogP contribution in [0.15, 0.2) is 23.2 Å². The fourth-order valence-corrected chi connectivity index (χ4v) is 3.16. The Bertz CT molecular complexity index is 806. The van der Waals surface area contributed by atoms with Gasteiger partial charge in [0.2, 0.25) is 5.88 Å². The number of pyridine rings is 1. The summed E-state index contributed by atoms with van der Waals surface area (Å²) in [6.45, 7) is 3.38. The second-order valence-electron chi connectivity index (χ2n) is 4.62. The molecular formula is C13H16F2N4O3S. The average molecular weight is 346 g/mol. The van der Waals surface area contributed by atoms with Gasteiger partial charge in [-0.25, -0.2) is 22.2 Å². The van der Waals surface area contributed by atoms with Gasteiger partial charge in [0.25, 0.3) is 16.4 Å². The van der Waals surface area contributed by atoms with Gasteiger partial charge in [-0.1, -0.05) is 0 Å². The normalized spacial score (nSPS) is 11.7. The number of sulfonamides is 1. The lowest BCUT2D eigenvalue weighted by Crippen LogP contribution is -2.16. The molecule has 0 unspecified atom stereocenters. The van der Waals surface area contributed by atoms with Crippen LogP contribution in [0.5, 0.6) is 5.88 Å². The van der Waals surface area contributed by atoms with Crippen molar-refractivity contribution in [3.05, 3.63) is 29.7 Å². The maximum absolute atomic E-state index is 13.1. The summed E-state index contributed by atoms with van der Waals surface area (Å²) in [5.41, 5.74) is -0.602. The number of hydrogen-bond acceptors (Lipinski definition) is 5. The van der Waals surface area contributed by atoms with E-state index in [1.54, 1.807) is 6.92 Å². The van der Waals surface area contributed by atoms with Gasteiger partial charge in [-0.2, -0.15) is 5.10 Å². The molecule has 0 aliphatic heterocycles. The van der Waals surface area contributed by atoms with Crippen LogP contribution in [-0.4, -0.2) is 29.8 Å². The van der Waals surface area contributed by atoms with E-state index in [1.165, 1.54) is 37.0 Å². The summed E-state index contributed by atoms with van der Waals surface area (Å²) < 4.78 is 59.7. The van der Waals surface area contributed by atoms with Gasteiger partial charge in [-0.3, -0.25) is 9.40 Å². The van der Waals surface area contributed by atoms with E-state index in [0.717, 1.165) is 0 Å². The van der Waals surface area contributed by atoms with E-state index in [9.17, 15) is 17.2 Å². The average Bonchev–Trinajstić information content (AvgIpc) is 2.76. The van der Waals surface area contributed by atoms with Crippen molar-refractivity contribution < 1.29 is 21.9 Å².